The van der Waals surface area contributed by atoms with E-state index in [0.29, 0.717) is 35.6 Å². The van der Waals surface area contributed by atoms with Crippen LogP contribution in [-0.2, 0) is 22.7 Å². The second kappa shape index (κ2) is 8.01. The smallest absolute Gasteiger partial charge is 0.226 e. The van der Waals surface area contributed by atoms with E-state index in [1.165, 1.54) is 5.56 Å². The second-order valence-corrected chi connectivity index (χ2v) is 5.49. The molecule has 1 heterocycles. The largest absolute Gasteiger partial charge is 0.487 e. The van der Waals surface area contributed by atoms with Gasteiger partial charge in [-0.15, -0.1) is 22.0 Å². The molecule has 0 aliphatic carbocycles. The van der Waals surface area contributed by atoms with E-state index in [1.54, 1.807) is 11.8 Å². The van der Waals surface area contributed by atoms with Gasteiger partial charge in [-0.2, -0.15) is 0 Å². The zero-order chi connectivity index (χ0) is 14.2. The molecule has 0 unspecified atom stereocenters. The van der Waals surface area contributed by atoms with Crippen LogP contribution < -0.4 is 0 Å². The standard InChI is InChI=1S/C14H16N2O2S2/c1-2-17-14(19)8-12-15-16-13(18-12)10-20-9-11-6-4-3-5-7-11/h3-7H,2,8-10H2,1H3. The van der Waals surface area contributed by atoms with Crippen molar-refractivity contribution in [3.63, 3.8) is 0 Å². The Kier molecular flexibility index (Phi) is 6.01. The first-order chi connectivity index (χ1) is 9.78. The van der Waals surface area contributed by atoms with E-state index in [-0.39, 0.29) is 0 Å². The number of hydrogen-bond donors (Lipinski definition) is 0. The van der Waals surface area contributed by atoms with Crippen molar-refractivity contribution in [3.8, 4) is 0 Å². The minimum atomic E-state index is 0.402. The van der Waals surface area contributed by atoms with Crippen LogP contribution in [0.5, 0.6) is 0 Å². The van der Waals surface area contributed by atoms with Gasteiger partial charge >= 0.3 is 0 Å². The molecular formula is C14H16N2O2S2. The summed E-state index contributed by atoms with van der Waals surface area (Å²) in [6.07, 6.45) is 0.402. The lowest BCUT2D eigenvalue weighted by molar-refractivity contribution is 0.325. The lowest BCUT2D eigenvalue weighted by Crippen LogP contribution is -2.05. The first-order valence-electron chi connectivity index (χ1n) is 6.36. The van der Waals surface area contributed by atoms with Gasteiger partial charge in [0.05, 0.1) is 18.8 Å². The Morgan fingerprint density at radius 1 is 1.20 bits per heavy atom. The third kappa shape index (κ3) is 4.94. The van der Waals surface area contributed by atoms with E-state index in [2.05, 4.69) is 22.3 Å². The molecule has 20 heavy (non-hydrogen) atoms. The minimum Gasteiger partial charge on any atom is -0.487 e. The van der Waals surface area contributed by atoms with Crippen LogP contribution in [0.15, 0.2) is 34.7 Å². The summed E-state index contributed by atoms with van der Waals surface area (Å²) in [5.41, 5.74) is 1.29. The van der Waals surface area contributed by atoms with Crippen molar-refractivity contribution in [1.29, 1.82) is 0 Å². The van der Waals surface area contributed by atoms with Crippen molar-refractivity contribution >= 4 is 29.0 Å². The Bertz CT molecular complexity index is 543. The summed E-state index contributed by atoms with van der Waals surface area (Å²) in [5.74, 6) is 2.76. The van der Waals surface area contributed by atoms with Crippen LogP contribution in [0.3, 0.4) is 0 Å². The van der Waals surface area contributed by atoms with Crippen molar-refractivity contribution in [2.24, 2.45) is 0 Å². The number of nitrogens with zero attached hydrogens (tertiary/aromatic N) is 2. The molecule has 106 valence electrons. The zero-order valence-corrected chi connectivity index (χ0v) is 12.9. The van der Waals surface area contributed by atoms with Crippen molar-refractivity contribution < 1.29 is 9.15 Å². The Labute approximate surface area is 127 Å². The topological polar surface area (TPSA) is 48.2 Å². The molecule has 1 aromatic heterocycles. The van der Waals surface area contributed by atoms with Crippen LogP contribution in [0, 0.1) is 0 Å². The van der Waals surface area contributed by atoms with Crippen molar-refractivity contribution in [2.45, 2.75) is 24.9 Å². The summed E-state index contributed by atoms with van der Waals surface area (Å²) in [6.45, 7) is 2.46. The highest BCUT2D eigenvalue weighted by Crippen LogP contribution is 2.17. The van der Waals surface area contributed by atoms with Gasteiger partial charge in [-0.25, -0.2) is 0 Å². The van der Waals surface area contributed by atoms with E-state index in [0.717, 1.165) is 5.75 Å². The summed E-state index contributed by atoms with van der Waals surface area (Å²) >= 11 is 6.78. The molecular weight excluding hydrogens is 292 g/mol. The molecule has 0 aliphatic heterocycles. The lowest BCUT2D eigenvalue weighted by atomic mass is 10.2. The minimum absolute atomic E-state index is 0.402. The predicted molar refractivity (Wildman–Crippen MR) is 83.7 cm³/mol. The van der Waals surface area contributed by atoms with Crippen molar-refractivity contribution in [3.05, 3.63) is 47.7 Å². The molecule has 0 atom stereocenters. The van der Waals surface area contributed by atoms with Crippen LogP contribution in [0.2, 0.25) is 0 Å². The molecule has 0 amide bonds. The molecule has 0 fully saturated rings. The van der Waals surface area contributed by atoms with Crippen LogP contribution in [0.4, 0.5) is 0 Å². The van der Waals surface area contributed by atoms with Gasteiger partial charge in [-0.05, 0) is 24.7 Å². The van der Waals surface area contributed by atoms with E-state index >= 15 is 0 Å². The van der Waals surface area contributed by atoms with Gasteiger partial charge in [0.15, 0.2) is 5.05 Å². The van der Waals surface area contributed by atoms with Crippen molar-refractivity contribution in [1.82, 2.24) is 10.2 Å². The quantitative estimate of drug-likeness (QED) is 0.731. The van der Waals surface area contributed by atoms with Crippen molar-refractivity contribution in [2.75, 3.05) is 6.61 Å². The predicted octanol–water partition coefficient (Wildman–Crippen LogP) is 3.41. The first kappa shape index (κ1) is 15.0. The first-order valence-corrected chi connectivity index (χ1v) is 7.92. The van der Waals surface area contributed by atoms with Gasteiger partial charge in [0.2, 0.25) is 11.8 Å². The Morgan fingerprint density at radius 2 is 1.95 bits per heavy atom. The summed E-state index contributed by atoms with van der Waals surface area (Å²) in [7, 11) is 0. The van der Waals surface area contributed by atoms with Crippen LogP contribution in [0.1, 0.15) is 24.3 Å². The summed E-state index contributed by atoms with van der Waals surface area (Å²) in [5, 5.41) is 8.46. The molecule has 0 radical (unpaired) electrons. The number of thioether (sulfide) groups is 1. The number of benzene rings is 1. The van der Waals surface area contributed by atoms with Gasteiger partial charge in [-0.3, -0.25) is 0 Å². The van der Waals surface area contributed by atoms with Crippen LogP contribution >= 0.6 is 24.0 Å². The molecule has 2 rings (SSSR count). The van der Waals surface area contributed by atoms with Crippen LogP contribution in [-0.4, -0.2) is 21.9 Å². The average molecular weight is 308 g/mol. The Balaban J connectivity index is 1.77. The highest BCUT2D eigenvalue weighted by molar-refractivity contribution is 7.97. The van der Waals surface area contributed by atoms with E-state index in [9.17, 15) is 0 Å². The summed E-state index contributed by atoms with van der Waals surface area (Å²) < 4.78 is 10.7. The third-order valence-corrected chi connectivity index (χ3v) is 3.70. The van der Waals surface area contributed by atoms with Crippen LogP contribution in [0.25, 0.3) is 0 Å². The molecule has 0 N–H and O–H groups in total. The molecule has 0 saturated heterocycles. The van der Waals surface area contributed by atoms with E-state index < -0.39 is 0 Å². The molecule has 0 saturated carbocycles. The van der Waals surface area contributed by atoms with Gasteiger partial charge in [0.1, 0.15) is 0 Å². The van der Waals surface area contributed by atoms with Gasteiger partial charge in [-0.1, -0.05) is 30.3 Å². The van der Waals surface area contributed by atoms with Gasteiger partial charge < -0.3 is 9.15 Å². The van der Waals surface area contributed by atoms with E-state index in [4.69, 9.17) is 21.4 Å². The normalized spacial score (nSPS) is 10.4. The van der Waals surface area contributed by atoms with Gasteiger partial charge in [0.25, 0.3) is 0 Å². The molecule has 4 nitrogen and oxygen atoms in total. The van der Waals surface area contributed by atoms with Gasteiger partial charge in [0, 0.05) is 5.75 Å². The highest BCUT2D eigenvalue weighted by Gasteiger charge is 2.09. The number of ether oxygens (including phenoxy) is 1. The second-order valence-electron chi connectivity index (χ2n) is 4.05. The highest BCUT2D eigenvalue weighted by atomic mass is 32.2. The number of aromatic nitrogens is 2. The maximum atomic E-state index is 5.53. The monoisotopic (exact) mass is 308 g/mol. The number of thiocarbonyl (C=S) groups is 1. The fraction of sp³-hybridized carbons (Fsp3) is 0.357. The number of rotatable bonds is 7. The Morgan fingerprint density at radius 3 is 2.70 bits per heavy atom. The summed E-state index contributed by atoms with van der Waals surface area (Å²) in [4.78, 5) is 0. The molecule has 0 aliphatic rings. The molecule has 0 bridgehead atoms. The maximum Gasteiger partial charge on any atom is 0.226 e. The zero-order valence-electron chi connectivity index (χ0n) is 11.2. The fourth-order valence-corrected chi connectivity index (χ4v) is 2.65. The molecule has 0 spiro atoms. The van der Waals surface area contributed by atoms with E-state index in [1.807, 2.05) is 25.1 Å². The SMILES string of the molecule is CCOC(=S)Cc1nnc(CSCc2ccccc2)o1. The third-order valence-electron chi connectivity index (χ3n) is 2.45. The molecule has 2 aromatic rings. The Hall–Kier alpha value is -1.40. The number of hydrogen-bond acceptors (Lipinski definition) is 6. The molecule has 6 heteroatoms. The summed E-state index contributed by atoms with van der Waals surface area (Å²) in [6, 6.07) is 10.3. The molecule has 1 aromatic carbocycles. The average Bonchev–Trinajstić information content (AvgIpc) is 2.88. The maximum absolute atomic E-state index is 5.53. The lowest BCUT2D eigenvalue weighted by Gasteiger charge is -2.00. The fourth-order valence-electron chi connectivity index (χ4n) is 1.58.